The molecule has 19 heavy (non-hydrogen) atoms. The maximum absolute atomic E-state index is 10.9. The van der Waals surface area contributed by atoms with Gasteiger partial charge in [0.2, 0.25) is 0 Å². The van der Waals surface area contributed by atoms with E-state index in [1.165, 1.54) is 6.26 Å². The van der Waals surface area contributed by atoms with Gasteiger partial charge < -0.3 is 10.8 Å². The van der Waals surface area contributed by atoms with E-state index in [0.717, 1.165) is 25.7 Å². The van der Waals surface area contributed by atoms with Crippen molar-refractivity contribution in [2.24, 2.45) is 11.7 Å². The number of sulfone groups is 1. The molecular weight excluding hydrogens is 287 g/mol. The molecule has 0 spiro atoms. The second kappa shape index (κ2) is 7.09. The van der Waals surface area contributed by atoms with Crippen LogP contribution in [0, 0.1) is 5.92 Å². The lowest BCUT2D eigenvalue weighted by Crippen LogP contribution is -2.29. The van der Waals surface area contributed by atoms with Gasteiger partial charge in [0.05, 0.1) is 5.75 Å². The number of halogens is 3. The quantitative estimate of drug-likeness (QED) is 0.798. The SMILES string of the molecule is CS(=O)(=O)CC1CCC(N)CC1.O=C(O)C(F)(F)F. The first-order valence-electron chi connectivity index (χ1n) is 5.65. The normalized spacial score (nSPS) is 24.3. The summed E-state index contributed by atoms with van der Waals surface area (Å²) in [5.74, 6) is -2.05. The third kappa shape index (κ3) is 9.71. The van der Waals surface area contributed by atoms with Crippen LogP contribution in [-0.4, -0.2) is 43.7 Å². The van der Waals surface area contributed by atoms with E-state index in [9.17, 15) is 21.6 Å². The van der Waals surface area contributed by atoms with Crippen LogP contribution < -0.4 is 5.73 Å². The Morgan fingerprint density at radius 2 is 1.63 bits per heavy atom. The summed E-state index contributed by atoms with van der Waals surface area (Å²) in [7, 11) is -2.78. The minimum Gasteiger partial charge on any atom is -0.475 e. The highest BCUT2D eigenvalue weighted by atomic mass is 32.2. The van der Waals surface area contributed by atoms with Crippen LogP contribution in [0.25, 0.3) is 0 Å². The Morgan fingerprint density at radius 1 is 1.26 bits per heavy atom. The van der Waals surface area contributed by atoms with Gasteiger partial charge in [-0.15, -0.1) is 0 Å². The van der Waals surface area contributed by atoms with Crippen molar-refractivity contribution >= 4 is 15.8 Å². The van der Waals surface area contributed by atoms with Gasteiger partial charge in [-0.2, -0.15) is 13.2 Å². The summed E-state index contributed by atoms with van der Waals surface area (Å²) in [6.07, 6.45) is 0.157. The number of rotatable bonds is 2. The van der Waals surface area contributed by atoms with Crippen molar-refractivity contribution in [3.63, 3.8) is 0 Å². The van der Waals surface area contributed by atoms with Crippen molar-refractivity contribution in [1.29, 1.82) is 0 Å². The summed E-state index contributed by atoms with van der Waals surface area (Å²) in [6, 6.07) is 0.306. The molecule has 0 aromatic carbocycles. The summed E-state index contributed by atoms with van der Waals surface area (Å²) in [6.45, 7) is 0. The number of carbonyl (C=O) groups is 1. The zero-order valence-electron chi connectivity index (χ0n) is 10.5. The largest absolute Gasteiger partial charge is 0.490 e. The van der Waals surface area contributed by atoms with Crippen LogP contribution >= 0.6 is 0 Å². The zero-order chi connectivity index (χ0) is 15.3. The first-order chi connectivity index (χ1) is 8.42. The average Bonchev–Trinajstić information content (AvgIpc) is 2.19. The number of aliphatic carboxylic acids is 1. The Kier molecular flexibility index (Phi) is 6.78. The van der Waals surface area contributed by atoms with E-state index < -0.39 is 22.0 Å². The first-order valence-corrected chi connectivity index (χ1v) is 7.71. The number of alkyl halides is 3. The van der Waals surface area contributed by atoms with Crippen molar-refractivity contribution in [3.05, 3.63) is 0 Å². The van der Waals surface area contributed by atoms with Crippen LogP contribution in [0.15, 0.2) is 0 Å². The van der Waals surface area contributed by atoms with Gasteiger partial charge in [-0.25, -0.2) is 13.2 Å². The fourth-order valence-corrected chi connectivity index (χ4v) is 2.97. The lowest BCUT2D eigenvalue weighted by molar-refractivity contribution is -0.192. The van der Waals surface area contributed by atoms with E-state index in [4.69, 9.17) is 15.6 Å². The molecule has 5 nitrogen and oxygen atoms in total. The molecule has 0 unspecified atom stereocenters. The molecule has 1 aliphatic rings. The summed E-state index contributed by atoms with van der Waals surface area (Å²) in [5.41, 5.74) is 5.71. The second-order valence-electron chi connectivity index (χ2n) is 4.68. The molecule has 0 radical (unpaired) electrons. The van der Waals surface area contributed by atoms with Crippen LogP contribution in [0.3, 0.4) is 0 Å². The van der Waals surface area contributed by atoms with Gasteiger partial charge in [0, 0.05) is 12.3 Å². The summed E-state index contributed by atoms with van der Waals surface area (Å²) in [5, 5.41) is 7.12. The fourth-order valence-electron chi connectivity index (χ4n) is 1.78. The molecule has 0 atom stereocenters. The second-order valence-corrected chi connectivity index (χ2v) is 6.86. The Hall–Kier alpha value is -0.830. The standard InChI is InChI=1S/C8H17NO2S.C2HF3O2/c1-12(10,11)6-7-2-4-8(9)5-3-7;3-2(4,5)1(6)7/h7-8H,2-6,9H2,1H3;(H,6,7). The van der Waals surface area contributed by atoms with Crippen LogP contribution in [0.4, 0.5) is 13.2 Å². The minimum atomic E-state index is -5.08. The smallest absolute Gasteiger partial charge is 0.475 e. The predicted molar refractivity (Wildman–Crippen MR) is 63.3 cm³/mol. The molecule has 0 aliphatic heterocycles. The van der Waals surface area contributed by atoms with Crippen molar-refractivity contribution in [2.75, 3.05) is 12.0 Å². The van der Waals surface area contributed by atoms with Crippen LogP contribution in [0.5, 0.6) is 0 Å². The van der Waals surface area contributed by atoms with Crippen LogP contribution in [-0.2, 0) is 14.6 Å². The van der Waals surface area contributed by atoms with Crippen molar-refractivity contribution in [3.8, 4) is 0 Å². The van der Waals surface area contributed by atoms with Crippen molar-refractivity contribution < 1.29 is 31.5 Å². The topological polar surface area (TPSA) is 97.5 Å². The summed E-state index contributed by atoms with van der Waals surface area (Å²) in [4.78, 5) is 8.90. The molecule has 114 valence electrons. The van der Waals surface area contributed by atoms with E-state index >= 15 is 0 Å². The molecule has 3 N–H and O–H groups in total. The molecule has 1 aliphatic carbocycles. The molecule has 0 bridgehead atoms. The highest BCUT2D eigenvalue weighted by molar-refractivity contribution is 7.90. The molecule has 1 fully saturated rings. The number of nitrogens with two attached hydrogens (primary N) is 1. The van der Waals surface area contributed by atoms with E-state index in [1.54, 1.807) is 0 Å². The van der Waals surface area contributed by atoms with Gasteiger partial charge in [-0.1, -0.05) is 0 Å². The van der Waals surface area contributed by atoms with E-state index in [1.807, 2.05) is 0 Å². The maximum atomic E-state index is 10.9. The average molecular weight is 305 g/mol. The number of carboxylic acid groups (broad SMARTS) is 1. The Balaban J connectivity index is 0.000000399. The molecule has 1 saturated carbocycles. The third-order valence-corrected chi connectivity index (χ3v) is 3.75. The van der Waals surface area contributed by atoms with Crippen LogP contribution in [0.2, 0.25) is 0 Å². The summed E-state index contributed by atoms with van der Waals surface area (Å²) >= 11 is 0. The first kappa shape index (κ1) is 18.2. The van der Waals surface area contributed by atoms with Gasteiger partial charge in [0.1, 0.15) is 9.84 Å². The van der Waals surface area contributed by atoms with Crippen LogP contribution in [0.1, 0.15) is 25.7 Å². The maximum Gasteiger partial charge on any atom is 0.490 e. The van der Waals surface area contributed by atoms with Gasteiger partial charge in [-0.05, 0) is 31.6 Å². The number of carboxylic acids is 1. The molecule has 0 aromatic rings. The predicted octanol–water partition coefficient (Wildman–Crippen LogP) is 1.18. The highest BCUT2D eigenvalue weighted by Gasteiger charge is 2.38. The van der Waals surface area contributed by atoms with Gasteiger partial charge in [0.25, 0.3) is 0 Å². The summed E-state index contributed by atoms with van der Waals surface area (Å²) < 4.78 is 53.6. The van der Waals surface area contributed by atoms with Gasteiger partial charge in [-0.3, -0.25) is 0 Å². The fraction of sp³-hybridized carbons (Fsp3) is 0.900. The van der Waals surface area contributed by atoms with Gasteiger partial charge in [0.15, 0.2) is 0 Å². The van der Waals surface area contributed by atoms with Crippen molar-refractivity contribution in [2.45, 2.75) is 37.9 Å². The molecule has 0 heterocycles. The Labute approximate surface area is 109 Å². The molecular formula is C10H18F3NO4S. The highest BCUT2D eigenvalue weighted by Crippen LogP contribution is 2.24. The Bertz CT molecular complexity index is 386. The molecule has 1 rings (SSSR count). The molecule has 0 saturated heterocycles. The lowest BCUT2D eigenvalue weighted by atomic mass is 9.88. The number of hydrogen-bond donors (Lipinski definition) is 2. The van der Waals surface area contributed by atoms with E-state index in [2.05, 4.69) is 0 Å². The third-order valence-electron chi connectivity index (χ3n) is 2.67. The Morgan fingerprint density at radius 3 is 1.89 bits per heavy atom. The molecule has 0 aromatic heterocycles. The molecule has 9 heteroatoms. The van der Waals surface area contributed by atoms with Gasteiger partial charge >= 0.3 is 12.1 Å². The molecule has 0 amide bonds. The lowest BCUT2D eigenvalue weighted by Gasteiger charge is -2.25. The minimum absolute atomic E-state index is 0.306. The monoisotopic (exact) mass is 305 g/mol. The zero-order valence-corrected chi connectivity index (χ0v) is 11.3. The van der Waals surface area contributed by atoms with E-state index in [0.29, 0.717) is 17.7 Å². The van der Waals surface area contributed by atoms with E-state index in [-0.39, 0.29) is 0 Å². The number of hydrogen-bond acceptors (Lipinski definition) is 4. The van der Waals surface area contributed by atoms with Crippen molar-refractivity contribution in [1.82, 2.24) is 0 Å².